The minimum atomic E-state index is 0.498. The third kappa shape index (κ3) is 1.13. The monoisotopic (exact) mass is 123 g/mol. The van der Waals surface area contributed by atoms with Crippen LogP contribution in [0.4, 0.5) is 0 Å². The number of aromatic nitrogens is 1. The Labute approximate surface area is 54.1 Å². The quantitative estimate of drug-likeness (QED) is 0.534. The predicted octanol–water partition coefficient (Wildman–Crippen LogP) is 0.887. The maximum atomic E-state index is 5.06. The van der Waals surface area contributed by atoms with E-state index >= 15 is 0 Å². The molecule has 1 fully saturated rings. The van der Waals surface area contributed by atoms with Gasteiger partial charge in [0.2, 0.25) is 0 Å². The largest absolute Gasteiger partial charge is 0.371 e. The van der Waals surface area contributed by atoms with Gasteiger partial charge >= 0.3 is 0 Å². The molecule has 0 bridgehead atoms. The molecule has 48 valence electrons. The second kappa shape index (κ2) is 1.88. The zero-order chi connectivity index (χ0) is 6.10. The Bertz CT molecular complexity index is 177. The molecule has 1 aromatic heterocycles. The van der Waals surface area contributed by atoms with Crippen LogP contribution in [0.5, 0.6) is 0 Å². The summed E-state index contributed by atoms with van der Waals surface area (Å²) in [4.78, 5) is 0. The van der Waals surface area contributed by atoms with Crippen molar-refractivity contribution in [3.63, 3.8) is 0 Å². The van der Waals surface area contributed by atoms with Gasteiger partial charge in [0.25, 0.3) is 0 Å². The molecule has 0 radical (unpaired) electrons. The Morgan fingerprint density at radius 1 is 1.44 bits per heavy atom. The Morgan fingerprint density at radius 2 is 2.11 bits per heavy atom. The van der Waals surface area contributed by atoms with Crippen LogP contribution in [0.15, 0.2) is 24.5 Å². The third-order valence-corrected chi connectivity index (χ3v) is 1.48. The highest BCUT2D eigenvalue weighted by atomic mass is 16.6. The lowest BCUT2D eigenvalue weighted by Crippen LogP contribution is -1.99. The second-order valence-corrected chi connectivity index (χ2v) is 2.34. The van der Waals surface area contributed by atoms with Gasteiger partial charge in [0, 0.05) is 12.4 Å². The van der Waals surface area contributed by atoms with E-state index in [0.29, 0.717) is 6.10 Å². The molecule has 2 rings (SSSR count). The third-order valence-electron chi connectivity index (χ3n) is 1.48. The Hall–Kier alpha value is -0.760. The SMILES string of the molecule is c1ccn(CC2CO2)c1. The van der Waals surface area contributed by atoms with Crippen molar-refractivity contribution in [3.05, 3.63) is 24.5 Å². The van der Waals surface area contributed by atoms with Crippen LogP contribution in [0, 0.1) is 0 Å². The zero-order valence-electron chi connectivity index (χ0n) is 5.16. The Kier molecular flexibility index (Phi) is 1.06. The summed E-state index contributed by atoms with van der Waals surface area (Å²) >= 11 is 0. The van der Waals surface area contributed by atoms with Crippen molar-refractivity contribution in [1.82, 2.24) is 4.57 Å². The van der Waals surface area contributed by atoms with E-state index in [-0.39, 0.29) is 0 Å². The van der Waals surface area contributed by atoms with Crippen LogP contribution in [-0.2, 0) is 11.3 Å². The van der Waals surface area contributed by atoms with Crippen LogP contribution >= 0.6 is 0 Å². The summed E-state index contributed by atoms with van der Waals surface area (Å²) in [6, 6.07) is 4.06. The maximum Gasteiger partial charge on any atom is 0.0988 e. The highest BCUT2D eigenvalue weighted by Gasteiger charge is 2.21. The van der Waals surface area contributed by atoms with Gasteiger partial charge in [-0.05, 0) is 12.1 Å². The summed E-state index contributed by atoms with van der Waals surface area (Å²) in [5.74, 6) is 0. The molecule has 2 heteroatoms. The van der Waals surface area contributed by atoms with Gasteiger partial charge < -0.3 is 9.30 Å². The lowest BCUT2D eigenvalue weighted by atomic mass is 10.5. The van der Waals surface area contributed by atoms with Crippen molar-refractivity contribution in [1.29, 1.82) is 0 Å². The van der Waals surface area contributed by atoms with Gasteiger partial charge in [-0.2, -0.15) is 0 Å². The fourth-order valence-corrected chi connectivity index (χ4v) is 0.900. The number of epoxide rings is 1. The molecule has 2 heterocycles. The van der Waals surface area contributed by atoms with Crippen molar-refractivity contribution in [3.8, 4) is 0 Å². The normalized spacial score (nSPS) is 24.2. The molecule has 0 aliphatic carbocycles. The van der Waals surface area contributed by atoms with Gasteiger partial charge in [-0.1, -0.05) is 0 Å². The minimum absolute atomic E-state index is 0.498. The fraction of sp³-hybridized carbons (Fsp3) is 0.429. The highest BCUT2D eigenvalue weighted by Crippen LogP contribution is 2.10. The van der Waals surface area contributed by atoms with Gasteiger partial charge in [-0.3, -0.25) is 0 Å². The minimum Gasteiger partial charge on any atom is -0.371 e. The standard InChI is InChI=1S/C7H9NO/c1-2-4-8(3-1)5-7-6-9-7/h1-4,7H,5-6H2. The first-order chi connectivity index (χ1) is 4.45. The number of rotatable bonds is 2. The van der Waals surface area contributed by atoms with Crippen LogP contribution < -0.4 is 0 Å². The highest BCUT2D eigenvalue weighted by molar-refractivity contribution is 4.91. The average Bonchev–Trinajstić information content (AvgIpc) is 2.46. The number of ether oxygens (including phenoxy) is 1. The van der Waals surface area contributed by atoms with E-state index in [1.165, 1.54) is 0 Å². The van der Waals surface area contributed by atoms with Crippen molar-refractivity contribution in [2.75, 3.05) is 6.61 Å². The molecule has 0 aromatic carbocycles. The van der Waals surface area contributed by atoms with Gasteiger partial charge in [0.1, 0.15) is 0 Å². The van der Waals surface area contributed by atoms with Crippen molar-refractivity contribution in [2.45, 2.75) is 12.6 Å². The van der Waals surface area contributed by atoms with Crippen LogP contribution in [0.3, 0.4) is 0 Å². The molecule has 2 nitrogen and oxygen atoms in total. The van der Waals surface area contributed by atoms with Gasteiger partial charge in [-0.25, -0.2) is 0 Å². The number of hydrogen-bond acceptors (Lipinski definition) is 1. The lowest BCUT2D eigenvalue weighted by Gasteiger charge is -1.94. The molecule has 0 saturated carbocycles. The molecular weight excluding hydrogens is 114 g/mol. The maximum absolute atomic E-state index is 5.06. The van der Waals surface area contributed by atoms with Crippen LogP contribution in [0.2, 0.25) is 0 Å². The Balaban J connectivity index is 1.99. The average molecular weight is 123 g/mol. The van der Waals surface area contributed by atoms with E-state index in [1.54, 1.807) is 0 Å². The van der Waals surface area contributed by atoms with E-state index in [0.717, 1.165) is 13.2 Å². The lowest BCUT2D eigenvalue weighted by molar-refractivity contribution is 0.383. The van der Waals surface area contributed by atoms with Crippen molar-refractivity contribution < 1.29 is 4.74 Å². The molecule has 1 unspecified atom stereocenters. The van der Waals surface area contributed by atoms with Crippen LogP contribution in [0.25, 0.3) is 0 Å². The van der Waals surface area contributed by atoms with Crippen molar-refractivity contribution >= 4 is 0 Å². The molecule has 0 N–H and O–H groups in total. The number of hydrogen-bond donors (Lipinski definition) is 0. The smallest absolute Gasteiger partial charge is 0.0988 e. The van der Waals surface area contributed by atoms with Crippen molar-refractivity contribution in [2.24, 2.45) is 0 Å². The molecule has 1 aromatic rings. The fourth-order valence-electron chi connectivity index (χ4n) is 0.900. The topological polar surface area (TPSA) is 17.5 Å². The van der Waals surface area contributed by atoms with E-state index in [2.05, 4.69) is 17.0 Å². The summed E-state index contributed by atoms with van der Waals surface area (Å²) in [6.07, 6.45) is 4.61. The molecular formula is C7H9NO. The zero-order valence-corrected chi connectivity index (χ0v) is 5.16. The van der Waals surface area contributed by atoms with E-state index in [9.17, 15) is 0 Å². The molecule has 1 aliphatic rings. The van der Waals surface area contributed by atoms with Gasteiger partial charge in [0.05, 0.1) is 19.3 Å². The van der Waals surface area contributed by atoms with Gasteiger partial charge in [-0.15, -0.1) is 0 Å². The molecule has 1 atom stereocenters. The summed E-state index contributed by atoms with van der Waals surface area (Å²) in [5, 5.41) is 0. The van der Waals surface area contributed by atoms with E-state index in [1.807, 2.05) is 12.1 Å². The van der Waals surface area contributed by atoms with Crippen LogP contribution in [-0.4, -0.2) is 17.3 Å². The van der Waals surface area contributed by atoms with Crippen LogP contribution in [0.1, 0.15) is 0 Å². The molecule has 0 spiro atoms. The van der Waals surface area contributed by atoms with E-state index in [4.69, 9.17) is 4.74 Å². The summed E-state index contributed by atoms with van der Waals surface area (Å²) in [5.41, 5.74) is 0. The predicted molar refractivity (Wildman–Crippen MR) is 34.2 cm³/mol. The molecule has 1 saturated heterocycles. The first-order valence-corrected chi connectivity index (χ1v) is 3.17. The van der Waals surface area contributed by atoms with E-state index < -0.39 is 0 Å². The summed E-state index contributed by atoms with van der Waals surface area (Å²) < 4.78 is 7.20. The first-order valence-electron chi connectivity index (χ1n) is 3.17. The number of nitrogens with zero attached hydrogens (tertiary/aromatic N) is 1. The Morgan fingerprint density at radius 3 is 2.67 bits per heavy atom. The molecule has 9 heavy (non-hydrogen) atoms. The first kappa shape index (κ1) is 5.06. The summed E-state index contributed by atoms with van der Waals surface area (Å²) in [7, 11) is 0. The second-order valence-electron chi connectivity index (χ2n) is 2.34. The molecule has 1 aliphatic heterocycles. The molecule has 0 amide bonds. The van der Waals surface area contributed by atoms with Gasteiger partial charge in [0.15, 0.2) is 0 Å². The summed E-state index contributed by atoms with van der Waals surface area (Å²) in [6.45, 7) is 1.96.